The number of likely N-dealkylation sites (tertiary alicyclic amines) is 1. The fourth-order valence-corrected chi connectivity index (χ4v) is 3.25. The average Bonchev–Trinajstić information content (AvgIpc) is 2.74. The highest BCUT2D eigenvalue weighted by molar-refractivity contribution is 5.74. The van der Waals surface area contributed by atoms with Crippen molar-refractivity contribution in [2.24, 2.45) is 11.8 Å². The second-order valence-electron chi connectivity index (χ2n) is 5.87. The summed E-state index contributed by atoms with van der Waals surface area (Å²) in [4.78, 5) is 15.9. The molecule has 4 nitrogen and oxygen atoms in total. The van der Waals surface area contributed by atoms with Crippen LogP contribution in [0.3, 0.4) is 0 Å². The minimum atomic E-state index is 0.00604. The van der Waals surface area contributed by atoms with Crippen molar-refractivity contribution in [2.75, 3.05) is 33.3 Å². The van der Waals surface area contributed by atoms with Gasteiger partial charge < -0.3 is 14.9 Å². The van der Waals surface area contributed by atoms with E-state index in [1.165, 1.54) is 12.8 Å². The maximum absolute atomic E-state index is 11.7. The Labute approximate surface area is 117 Å². The van der Waals surface area contributed by atoms with Crippen molar-refractivity contribution >= 4 is 5.91 Å². The number of carbonyl (C=O) groups is 1. The molecule has 1 saturated heterocycles. The lowest BCUT2D eigenvalue weighted by atomic mass is 9.88. The molecule has 1 amide bonds. The standard InChI is InChI=1S/C15H30N2O2/c1-5-7-8-16(4)10-14-13(6-2)9-17(12(3)19)15(14)11-18/h13-15,18H,5-11H2,1-4H3/t13-,14-,15-/m1/s1. The van der Waals surface area contributed by atoms with Crippen molar-refractivity contribution in [1.82, 2.24) is 9.80 Å². The summed E-state index contributed by atoms with van der Waals surface area (Å²) in [5.41, 5.74) is 0. The molecular formula is C15H30N2O2. The Hall–Kier alpha value is -0.610. The van der Waals surface area contributed by atoms with Crippen LogP contribution in [0.4, 0.5) is 0 Å². The van der Waals surface area contributed by atoms with Crippen LogP contribution in [-0.4, -0.2) is 60.1 Å². The number of amides is 1. The molecule has 112 valence electrons. The van der Waals surface area contributed by atoms with Gasteiger partial charge in [-0.1, -0.05) is 26.7 Å². The van der Waals surface area contributed by atoms with Gasteiger partial charge in [-0.05, 0) is 31.8 Å². The van der Waals surface area contributed by atoms with Crippen molar-refractivity contribution in [3.05, 3.63) is 0 Å². The topological polar surface area (TPSA) is 43.8 Å². The van der Waals surface area contributed by atoms with Crippen LogP contribution in [0.15, 0.2) is 0 Å². The lowest BCUT2D eigenvalue weighted by Crippen LogP contribution is -2.42. The van der Waals surface area contributed by atoms with Crippen molar-refractivity contribution in [1.29, 1.82) is 0 Å². The molecule has 3 atom stereocenters. The van der Waals surface area contributed by atoms with E-state index in [-0.39, 0.29) is 18.6 Å². The fraction of sp³-hybridized carbons (Fsp3) is 0.933. The lowest BCUT2D eigenvalue weighted by molar-refractivity contribution is -0.130. The molecule has 0 aromatic rings. The first-order chi connectivity index (χ1) is 9.04. The zero-order valence-electron chi connectivity index (χ0n) is 12.9. The van der Waals surface area contributed by atoms with Gasteiger partial charge in [0.1, 0.15) is 0 Å². The summed E-state index contributed by atoms with van der Waals surface area (Å²) < 4.78 is 0. The minimum absolute atomic E-state index is 0.00604. The highest BCUT2D eigenvalue weighted by atomic mass is 16.3. The van der Waals surface area contributed by atoms with Crippen molar-refractivity contribution in [3.63, 3.8) is 0 Å². The maximum atomic E-state index is 11.7. The van der Waals surface area contributed by atoms with Gasteiger partial charge in [-0.15, -0.1) is 0 Å². The van der Waals surface area contributed by atoms with Crippen LogP contribution in [0.2, 0.25) is 0 Å². The van der Waals surface area contributed by atoms with Gasteiger partial charge in [-0.25, -0.2) is 0 Å². The molecular weight excluding hydrogens is 240 g/mol. The molecule has 0 aromatic carbocycles. The summed E-state index contributed by atoms with van der Waals surface area (Å²) in [6.45, 7) is 8.97. The molecule has 1 rings (SSSR count). The molecule has 1 heterocycles. The van der Waals surface area contributed by atoms with Crippen LogP contribution in [0.1, 0.15) is 40.0 Å². The molecule has 0 aromatic heterocycles. The molecule has 0 bridgehead atoms. The smallest absolute Gasteiger partial charge is 0.219 e. The summed E-state index contributed by atoms with van der Waals surface area (Å²) in [7, 11) is 2.15. The summed E-state index contributed by atoms with van der Waals surface area (Å²) in [6.07, 6.45) is 3.49. The van der Waals surface area contributed by atoms with Crippen LogP contribution in [0.25, 0.3) is 0 Å². The normalized spacial score (nSPS) is 27.3. The van der Waals surface area contributed by atoms with E-state index >= 15 is 0 Å². The van der Waals surface area contributed by atoms with Crippen LogP contribution in [0, 0.1) is 11.8 Å². The molecule has 0 saturated carbocycles. The van der Waals surface area contributed by atoms with Gasteiger partial charge in [-0.2, -0.15) is 0 Å². The number of hydrogen-bond acceptors (Lipinski definition) is 3. The number of carbonyl (C=O) groups excluding carboxylic acids is 1. The van der Waals surface area contributed by atoms with E-state index in [1.54, 1.807) is 6.92 Å². The monoisotopic (exact) mass is 270 g/mol. The van der Waals surface area contributed by atoms with Crippen molar-refractivity contribution in [2.45, 2.75) is 46.1 Å². The molecule has 4 heteroatoms. The Morgan fingerprint density at radius 3 is 2.58 bits per heavy atom. The molecule has 1 aliphatic heterocycles. The third-order valence-electron chi connectivity index (χ3n) is 4.46. The minimum Gasteiger partial charge on any atom is -0.394 e. The van der Waals surface area contributed by atoms with Crippen molar-refractivity contribution in [3.8, 4) is 0 Å². The lowest BCUT2D eigenvalue weighted by Gasteiger charge is -2.29. The number of nitrogens with zero attached hydrogens (tertiary/aromatic N) is 2. The molecule has 0 radical (unpaired) electrons. The van der Waals surface area contributed by atoms with Gasteiger partial charge >= 0.3 is 0 Å². The van der Waals surface area contributed by atoms with Gasteiger partial charge in [0.15, 0.2) is 0 Å². The maximum Gasteiger partial charge on any atom is 0.219 e. The van der Waals surface area contributed by atoms with Crippen LogP contribution >= 0.6 is 0 Å². The molecule has 1 N–H and O–H groups in total. The van der Waals surface area contributed by atoms with E-state index in [0.29, 0.717) is 11.8 Å². The van der Waals surface area contributed by atoms with Gasteiger partial charge in [0.2, 0.25) is 5.91 Å². The second kappa shape index (κ2) is 7.85. The third kappa shape index (κ3) is 4.18. The SMILES string of the molecule is CCCCN(C)C[C@@H]1[C@H](CC)CN(C(C)=O)[C@@H]1CO. The molecule has 1 aliphatic rings. The van der Waals surface area contributed by atoms with Crippen LogP contribution in [0.5, 0.6) is 0 Å². The van der Waals surface area contributed by atoms with E-state index in [1.807, 2.05) is 4.90 Å². The first-order valence-corrected chi connectivity index (χ1v) is 7.61. The number of hydrogen-bond donors (Lipinski definition) is 1. The molecule has 1 fully saturated rings. The van der Waals surface area contributed by atoms with Crippen LogP contribution in [-0.2, 0) is 4.79 Å². The Balaban J connectivity index is 2.68. The zero-order valence-corrected chi connectivity index (χ0v) is 12.9. The van der Waals surface area contributed by atoms with E-state index < -0.39 is 0 Å². The van der Waals surface area contributed by atoms with Crippen LogP contribution < -0.4 is 0 Å². The summed E-state index contributed by atoms with van der Waals surface area (Å²) >= 11 is 0. The largest absolute Gasteiger partial charge is 0.394 e. The third-order valence-corrected chi connectivity index (χ3v) is 4.46. The Morgan fingerprint density at radius 1 is 1.42 bits per heavy atom. The Kier molecular flexibility index (Phi) is 6.80. The number of rotatable bonds is 7. The predicted octanol–water partition coefficient (Wildman–Crippen LogP) is 1.58. The first-order valence-electron chi connectivity index (χ1n) is 7.61. The molecule has 0 spiro atoms. The Morgan fingerprint density at radius 2 is 2.11 bits per heavy atom. The molecule has 0 unspecified atom stereocenters. The zero-order chi connectivity index (χ0) is 14.4. The number of aliphatic hydroxyl groups excluding tert-OH is 1. The summed E-state index contributed by atoms with van der Waals surface area (Å²) in [5, 5.41) is 9.65. The van der Waals surface area contributed by atoms with E-state index in [2.05, 4.69) is 25.8 Å². The highest BCUT2D eigenvalue weighted by Gasteiger charge is 2.41. The fourth-order valence-electron chi connectivity index (χ4n) is 3.25. The average molecular weight is 270 g/mol. The second-order valence-corrected chi connectivity index (χ2v) is 5.87. The van der Waals surface area contributed by atoms with Gasteiger partial charge in [0.05, 0.1) is 12.6 Å². The number of aliphatic hydroxyl groups is 1. The van der Waals surface area contributed by atoms with Gasteiger partial charge in [0.25, 0.3) is 0 Å². The molecule has 19 heavy (non-hydrogen) atoms. The van der Waals surface area contributed by atoms with Gasteiger partial charge in [0, 0.05) is 20.0 Å². The van der Waals surface area contributed by atoms with Crippen molar-refractivity contribution < 1.29 is 9.90 Å². The van der Waals surface area contributed by atoms with Gasteiger partial charge in [-0.3, -0.25) is 4.79 Å². The predicted molar refractivity (Wildman–Crippen MR) is 77.9 cm³/mol. The molecule has 0 aliphatic carbocycles. The summed E-state index contributed by atoms with van der Waals surface area (Å²) in [6, 6.07) is 0.00604. The quantitative estimate of drug-likeness (QED) is 0.764. The highest BCUT2D eigenvalue weighted by Crippen LogP contribution is 2.32. The summed E-state index contributed by atoms with van der Waals surface area (Å²) in [5.74, 6) is 1.02. The van der Waals surface area contributed by atoms with E-state index in [4.69, 9.17) is 0 Å². The number of unbranched alkanes of at least 4 members (excludes halogenated alkanes) is 1. The first kappa shape index (κ1) is 16.4. The Bertz CT molecular complexity index is 283. The van der Waals surface area contributed by atoms with E-state index in [0.717, 1.165) is 26.1 Å². The van der Waals surface area contributed by atoms with E-state index in [9.17, 15) is 9.90 Å².